The van der Waals surface area contributed by atoms with Gasteiger partial charge in [-0.25, -0.2) is 4.98 Å². The first-order valence-electron chi connectivity index (χ1n) is 8.77. The van der Waals surface area contributed by atoms with Crippen molar-refractivity contribution in [1.29, 1.82) is 0 Å². The number of nitrogens with zero attached hydrogens (tertiary/aromatic N) is 2. The maximum absolute atomic E-state index is 5.46. The van der Waals surface area contributed by atoms with Crippen LogP contribution in [0.3, 0.4) is 0 Å². The van der Waals surface area contributed by atoms with Gasteiger partial charge in [0.1, 0.15) is 11.6 Å². The predicted molar refractivity (Wildman–Crippen MR) is 97.0 cm³/mol. The van der Waals surface area contributed by atoms with Gasteiger partial charge in [0.25, 0.3) is 0 Å². The molecule has 2 heterocycles. The Morgan fingerprint density at radius 1 is 1.09 bits per heavy atom. The number of aromatic nitrogens is 1. The summed E-state index contributed by atoms with van der Waals surface area (Å²) in [5.41, 5.74) is 0. The molecule has 0 saturated carbocycles. The number of anilines is 1. The van der Waals surface area contributed by atoms with Gasteiger partial charge in [-0.2, -0.15) is 0 Å². The summed E-state index contributed by atoms with van der Waals surface area (Å²) >= 11 is 0. The molecule has 2 rings (SSSR count). The van der Waals surface area contributed by atoms with E-state index in [4.69, 9.17) is 4.74 Å². The van der Waals surface area contributed by atoms with Crippen LogP contribution in [0.25, 0.3) is 0 Å². The Balaban J connectivity index is 0.000000537. The molecule has 0 atom stereocenters. The van der Waals surface area contributed by atoms with Crippen molar-refractivity contribution in [3.05, 3.63) is 18.3 Å². The van der Waals surface area contributed by atoms with Gasteiger partial charge in [-0.05, 0) is 13.0 Å². The Hall–Kier alpha value is -1.29. The zero-order valence-corrected chi connectivity index (χ0v) is 15.2. The van der Waals surface area contributed by atoms with Gasteiger partial charge < -0.3 is 15.0 Å². The lowest BCUT2D eigenvalue weighted by Gasteiger charge is -2.28. The van der Waals surface area contributed by atoms with E-state index in [0.29, 0.717) is 6.61 Å². The lowest BCUT2D eigenvalue weighted by atomic mass is 10.3. The second-order valence-electron chi connectivity index (χ2n) is 5.23. The van der Waals surface area contributed by atoms with Crippen molar-refractivity contribution >= 4 is 5.82 Å². The molecule has 1 aliphatic heterocycles. The topological polar surface area (TPSA) is 37.4 Å². The van der Waals surface area contributed by atoms with E-state index >= 15 is 0 Å². The van der Waals surface area contributed by atoms with E-state index in [1.165, 1.54) is 19.3 Å². The number of nitrogens with one attached hydrogen (secondary N) is 1. The highest BCUT2D eigenvalue weighted by Gasteiger charge is 2.11. The van der Waals surface area contributed by atoms with E-state index in [1.807, 2.05) is 25.3 Å². The molecule has 0 aliphatic carbocycles. The van der Waals surface area contributed by atoms with Crippen LogP contribution in [0.1, 0.15) is 53.9 Å². The molecule has 4 heteroatoms. The molecular weight excluding hydrogens is 274 g/mol. The van der Waals surface area contributed by atoms with Crippen LogP contribution in [0.15, 0.2) is 18.3 Å². The third-order valence-electron chi connectivity index (χ3n) is 2.97. The van der Waals surface area contributed by atoms with E-state index < -0.39 is 0 Å². The summed E-state index contributed by atoms with van der Waals surface area (Å²) in [6.45, 7) is 15.4. The number of pyridine rings is 1. The van der Waals surface area contributed by atoms with Crippen molar-refractivity contribution in [2.75, 3.05) is 37.7 Å². The third kappa shape index (κ3) is 9.61. The first-order chi connectivity index (χ1) is 10.7. The maximum Gasteiger partial charge on any atom is 0.132 e. The summed E-state index contributed by atoms with van der Waals surface area (Å²) in [5.74, 6) is 1.92. The van der Waals surface area contributed by atoms with Crippen LogP contribution in [0.5, 0.6) is 5.75 Å². The lowest BCUT2D eigenvalue weighted by molar-refractivity contribution is 0.340. The Morgan fingerprint density at radius 2 is 1.68 bits per heavy atom. The minimum absolute atomic E-state index is 0.699. The van der Waals surface area contributed by atoms with Crippen molar-refractivity contribution in [2.45, 2.75) is 53.9 Å². The summed E-state index contributed by atoms with van der Waals surface area (Å²) in [6, 6.07) is 3.91. The van der Waals surface area contributed by atoms with Crippen molar-refractivity contribution in [3.63, 3.8) is 0 Å². The molecule has 4 nitrogen and oxygen atoms in total. The number of piperazine rings is 1. The van der Waals surface area contributed by atoms with Crippen LogP contribution in [0, 0.1) is 0 Å². The summed E-state index contributed by atoms with van der Waals surface area (Å²) in [5, 5.41) is 3.32. The predicted octanol–water partition coefficient (Wildman–Crippen LogP) is 4.11. The minimum atomic E-state index is 0.699. The third-order valence-corrected chi connectivity index (χ3v) is 2.97. The summed E-state index contributed by atoms with van der Waals surface area (Å²) in [7, 11) is 0. The molecule has 22 heavy (non-hydrogen) atoms. The van der Waals surface area contributed by atoms with Crippen LogP contribution < -0.4 is 15.0 Å². The van der Waals surface area contributed by atoms with Crippen molar-refractivity contribution in [3.8, 4) is 5.75 Å². The van der Waals surface area contributed by atoms with Crippen LogP contribution in [-0.2, 0) is 0 Å². The number of hydrogen-bond acceptors (Lipinski definition) is 4. The van der Waals surface area contributed by atoms with Crippen LogP contribution >= 0.6 is 0 Å². The lowest BCUT2D eigenvalue weighted by Crippen LogP contribution is -2.43. The highest BCUT2D eigenvalue weighted by Crippen LogP contribution is 2.18. The standard InChI is InChI=1S/C11H17N3O.C4H10.C3H8/c1-2-15-10-3-4-13-11(9-10)14-7-5-12-6-8-14;1-3-4-2;1-3-2/h3-4,9,12H,2,5-8H2,1H3;3-4H2,1-2H3;3H2,1-2H3. The maximum atomic E-state index is 5.46. The smallest absolute Gasteiger partial charge is 0.132 e. The van der Waals surface area contributed by atoms with Crippen LogP contribution in [0.4, 0.5) is 5.82 Å². The largest absolute Gasteiger partial charge is 0.494 e. The van der Waals surface area contributed by atoms with Crippen molar-refractivity contribution in [2.24, 2.45) is 0 Å². The van der Waals surface area contributed by atoms with Gasteiger partial charge >= 0.3 is 0 Å². The first kappa shape index (κ1) is 20.7. The molecule has 0 aromatic carbocycles. The molecule has 1 aromatic rings. The summed E-state index contributed by atoms with van der Waals surface area (Å²) < 4.78 is 5.46. The van der Waals surface area contributed by atoms with Gasteiger partial charge in [0.2, 0.25) is 0 Å². The average molecular weight is 309 g/mol. The van der Waals surface area contributed by atoms with Crippen molar-refractivity contribution in [1.82, 2.24) is 10.3 Å². The quantitative estimate of drug-likeness (QED) is 0.908. The number of ether oxygens (including phenoxy) is 1. The molecule has 0 amide bonds. The first-order valence-corrected chi connectivity index (χ1v) is 8.77. The van der Waals surface area contributed by atoms with Gasteiger partial charge in [0.05, 0.1) is 6.61 Å². The van der Waals surface area contributed by atoms with E-state index in [9.17, 15) is 0 Å². The second kappa shape index (κ2) is 14.6. The van der Waals surface area contributed by atoms with Gasteiger partial charge in [-0.3, -0.25) is 0 Å². The van der Waals surface area contributed by atoms with E-state index in [1.54, 1.807) is 0 Å². The molecule has 1 aromatic heterocycles. The SMILES string of the molecule is CCC.CCCC.CCOc1ccnc(N2CCNCC2)c1. The molecule has 1 fully saturated rings. The Kier molecular flexibility index (Phi) is 13.8. The highest BCUT2D eigenvalue weighted by molar-refractivity contribution is 5.43. The van der Waals surface area contributed by atoms with Gasteiger partial charge in [0, 0.05) is 38.4 Å². The highest BCUT2D eigenvalue weighted by atomic mass is 16.5. The Labute approximate surface area is 137 Å². The second-order valence-corrected chi connectivity index (χ2v) is 5.23. The molecule has 0 radical (unpaired) electrons. The van der Waals surface area contributed by atoms with E-state index in [0.717, 1.165) is 37.7 Å². The molecule has 128 valence electrons. The van der Waals surface area contributed by atoms with Crippen LogP contribution in [-0.4, -0.2) is 37.8 Å². The Bertz CT molecular complexity index is 350. The molecule has 1 aliphatic rings. The summed E-state index contributed by atoms with van der Waals surface area (Å²) in [4.78, 5) is 6.64. The molecule has 0 unspecified atom stereocenters. The molecule has 0 bridgehead atoms. The van der Waals surface area contributed by atoms with E-state index in [2.05, 4.69) is 42.9 Å². The molecule has 1 saturated heterocycles. The fraction of sp³-hybridized carbons (Fsp3) is 0.722. The van der Waals surface area contributed by atoms with Gasteiger partial charge in [0.15, 0.2) is 0 Å². The van der Waals surface area contributed by atoms with Crippen LogP contribution in [0.2, 0.25) is 0 Å². The summed E-state index contributed by atoms with van der Waals surface area (Å²) in [6.07, 6.45) is 5.70. The van der Waals surface area contributed by atoms with Crippen molar-refractivity contribution < 1.29 is 4.74 Å². The number of hydrogen-bond donors (Lipinski definition) is 1. The number of rotatable bonds is 4. The molecular formula is C18H35N3O. The monoisotopic (exact) mass is 309 g/mol. The normalized spacial score (nSPS) is 13.4. The molecule has 1 N–H and O–H groups in total. The Morgan fingerprint density at radius 3 is 2.18 bits per heavy atom. The minimum Gasteiger partial charge on any atom is -0.494 e. The average Bonchev–Trinajstić information content (AvgIpc) is 2.57. The van der Waals surface area contributed by atoms with Gasteiger partial charge in [-0.1, -0.05) is 47.0 Å². The van der Waals surface area contributed by atoms with Gasteiger partial charge in [-0.15, -0.1) is 0 Å². The molecule has 0 spiro atoms. The van der Waals surface area contributed by atoms with E-state index in [-0.39, 0.29) is 0 Å². The zero-order chi connectivity index (χ0) is 16.6. The fourth-order valence-electron chi connectivity index (χ4n) is 1.72. The zero-order valence-electron chi connectivity index (χ0n) is 15.2. The fourth-order valence-corrected chi connectivity index (χ4v) is 1.72. The number of unbranched alkanes of at least 4 members (excludes halogenated alkanes) is 1.